The lowest BCUT2D eigenvalue weighted by Crippen LogP contribution is -2.27. The second kappa shape index (κ2) is 7.64. The molecule has 11 heteroatoms. The Labute approximate surface area is 155 Å². The van der Waals surface area contributed by atoms with E-state index in [-0.39, 0.29) is 11.9 Å². The van der Waals surface area contributed by atoms with Gasteiger partial charge in [-0.15, -0.1) is 0 Å². The molecule has 28 heavy (non-hydrogen) atoms. The first-order valence-corrected chi connectivity index (χ1v) is 7.97. The maximum atomic E-state index is 12.4. The molecule has 1 aliphatic rings. The van der Waals surface area contributed by atoms with Crippen molar-refractivity contribution in [3.63, 3.8) is 0 Å². The molecule has 2 aromatic heterocycles. The topological polar surface area (TPSA) is 120 Å². The van der Waals surface area contributed by atoms with Gasteiger partial charge in [-0.25, -0.2) is 9.78 Å². The normalized spacial score (nSPS) is 15.5. The molecule has 0 fully saturated rings. The van der Waals surface area contributed by atoms with Crippen LogP contribution < -0.4 is 10.6 Å². The number of anilines is 1. The van der Waals surface area contributed by atoms with E-state index in [0.717, 1.165) is 10.9 Å². The minimum atomic E-state index is -5.08. The molecule has 0 saturated carbocycles. The van der Waals surface area contributed by atoms with Gasteiger partial charge >= 0.3 is 12.1 Å². The molecule has 0 saturated heterocycles. The van der Waals surface area contributed by atoms with Crippen molar-refractivity contribution in [2.24, 2.45) is 0 Å². The van der Waals surface area contributed by atoms with E-state index in [1.165, 1.54) is 5.56 Å². The maximum absolute atomic E-state index is 12.4. The number of amides is 1. The summed E-state index contributed by atoms with van der Waals surface area (Å²) in [4.78, 5) is 25.5. The van der Waals surface area contributed by atoms with Gasteiger partial charge in [-0.05, 0) is 17.2 Å². The number of nitrogens with one attached hydrogen (secondary N) is 3. The largest absolute Gasteiger partial charge is 0.490 e. The van der Waals surface area contributed by atoms with Gasteiger partial charge in [0.15, 0.2) is 5.65 Å². The zero-order valence-electron chi connectivity index (χ0n) is 14.1. The van der Waals surface area contributed by atoms with Crippen molar-refractivity contribution in [3.05, 3.63) is 53.9 Å². The SMILES string of the molecule is O=C(Nc1cnc2[nH]ncc2c1)C1NCc2ccccc21.O=C(O)C(F)(F)F. The van der Waals surface area contributed by atoms with Crippen LogP contribution in [0.5, 0.6) is 0 Å². The molecule has 3 aromatic rings. The zero-order valence-corrected chi connectivity index (χ0v) is 14.1. The predicted molar refractivity (Wildman–Crippen MR) is 92.2 cm³/mol. The second-order valence-electron chi connectivity index (χ2n) is 5.84. The summed E-state index contributed by atoms with van der Waals surface area (Å²) in [6.45, 7) is 0.716. The van der Waals surface area contributed by atoms with E-state index in [0.29, 0.717) is 17.9 Å². The van der Waals surface area contributed by atoms with E-state index < -0.39 is 12.1 Å². The van der Waals surface area contributed by atoms with Gasteiger partial charge in [-0.2, -0.15) is 18.3 Å². The minimum absolute atomic E-state index is 0.0791. The first-order chi connectivity index (χ1) is 13.3. The Kier molecular flexibility index (Phi) is 5.27. The van der Waals surface area contributed by atoms with Crippen LogP contribution in [0.1, 0.15) is 17.2 Å². The molecule has 0 bridgehead atoms. The van der Waals surface area contributed by atoms with E-state index in [9.17, 15) is 18.0 Å². The minimum Gasteiger partial charge on any atom is -0.475 e. The third kappa shape index (κ3) is 4.26. The number of rotatable bonds is 2. The molecule has 8 nitrogen and oxygen atoms in total. The molecule has 1 aromatic carbocycles. The van der Waals surface area contributed by atoms with Crippen molar-refractivity contribution in [2.45, 2.75) is 18.8 Å². The predicted octanol–water partition coefficient (Wildman–Crippen LogP) is 2.37. The van der Waals surface area contributed by atoms with E-state index >= 15 is 0 Å². The number of aromatic amines is 1. The number of fused-ring (bicyclic) bond motifs is 2. The fraction of sp³-hybridized carbons (Fsp3) is 0.176. The van der Waals surface area contributed by atoms with Gasteiger partial charge < -0.3 is 10.4 Å². The summed E-state index contributed by atoms with van der Waals surface area (Å²) >= 11 is 0. The molecule has 1 amide bonds. The Hall–Kier alpha value is -3.47. The first-order valence-electron chi connectivity index (χ1n) is 7.97. The summed E-state index contributed by atoms with van der Waals surface area (Å²) in [5, 5.41) is 20.8. The summed E-state index contributed by atoms with van der Waals surface area (Å²) in [6.07, 6.45) is -1.78. The molecule has 146 valence electrons. The van der Waals surface area contributed by atoms with E-state index in [1.54, 1.807) is 12.4 Å². The van der Waals surface area contributed by atoms with Crippen molar-refractivity contribution in [2.75, 3.05) is 5.32 Å². The summed E-state index contributed by atoms with van der Waals surface area (Å²) in [7, 11) is 0. The lowest BCUT2D eigenvalue weighted by Gasteiger charge is -2.12. The number of halogens is 3. The molecule has 1 unspecified atom stereocenters. The Morgan fingerprint density at radius 1 is 1.21 bits per heavy atom. The van der Waals surface area contributed by atoms with Crippen LogP contribution in [0.4, 0.5) is 18.9 Å². The molecule has 4 rings (SSSR count). The molecule has 3 heterocycles. The monoisotopic (exact) mass is 393 g/mol. The third-order valence-electron chi connectivity index (χ3n) is 3.93. The molecule has 1 atom stereocenters. The number of nitrogens with zero attached hydrogens (tertiary/aromatic N) is 2. The quantitative estimate of drug-likeness (QED) is 0.531. The average Bonchev–Trinajstić information content (AvgIpc) is 3.27. The number of aromatic nitrogens is 3. The number of carboxylic acid groups (broad SMARTS) is 1. The summed E-state index contributed by atoms with van der Waals surface area (Å²) in [6, 6.07) is 9.49. The Balaban J connectivity index is 0.000000279. The Morgan fingerprint density at radius 2 is 1.93 bits per heavy atom. The first kappa shape index (κ1) is 19.3. The second-order valence-corrected chi connectivity index (χ2v) is 5.84. The van der Waals surface area contributed by atoms with Crippen LogP contribution in [0.25, 0.3) is 11.0 Å². The molecule has 0 radical (unpaired) electrons. The highest BCUT2D eigenvalue weighted by atomic mass is 19.4. The van der Waals surface area contributed by atoms with Crippen LogP contribution in [0.3, 0.4) is 0 Å². The number of aliphatic carboxylic acids is 1. The number of carbonyl (C=O) groups is 2. The molecule has 1 aliphatic heterocycles. The van der Waals surface area contributed by atoms with Crippen LogP contribution in [0.2, 0.25) is 0 Å². The Morgan fingerprint density at radius 3 is 2.64 bits per heavy atom. The fourth-order valence-electron chi connectivity index (χ4n) is 2.65. The van der Waals surface area contributed by atoms with Crippen molar-refractivity contribution in [1.29, 1.82) is 0 Å². The van der Waals surface area contributed by atoms with Crippen LogP contribution in [-0.2, 0) is 16.1 Å². The van der Waals surface area contributed by atoms with Crippen molar-refractivity contribution in [3.8, 4) is 0 Å². The number of pyridine rings is 1. The van der Waals surface area contributed by atoms with Gasteiger partial charge in [0.1, 0.15) is 6.04 Å². The van der Waals surface area contributed by atoms with E-state index in [4.69, 9.17) is 9.90 Å². The smallest absolute Gasteiger partial charge is 0.475 e. The molecule has 4 N–H and O–H groups in total. The summed E-state index contributed by atoms with van der Waals surface area (Å²) in [5.74, 6) is -2.84. The van der Waals surface area contributed by atoms with Gasteiger partial charge in [0.05, 0.1) is 18.1 Å². The van der Waals surface area contributed by atoms with Crippen molar-refractivity contribution < 1.29 is 27.9 Å². The zero-order chi connectivity index (χ0) is 20.3. The highest BCUT2D eigenvalue weighted by molar-refractivity contribution is 5.97. The third-order valence-corrected chi connectivity index (χ3v) is 3.93. The number of hydrogen-bond acceptors (Lipinski definition) is 5. The molecular weight excluding hydrogens is 379 g/mol. The number of hydrogen-bond donors (Lipinski definition) is 4. The standard InChI is InChI=1S/C15H13N5O.C2HF3O2/c21-15(13-12-4-2-1-3-9(12)6-16-13)19-11-5-10-7-18-20-14(10)17-8-11;3-2(4,5)1(6)7/h1-5,7-8,13,16H,6H2,(H,19,21)(H,17,18,20);(H,6,7). The molecule has 0 spiro atoms. The maximum Gasteiger partial charge on any atom is 0.490 e. The lowest BCUT2D eigenvalue weighted by atomic mass is 10.0. The van der Waals surface area contributed by atoms with Gasteiger partial charge in [0, 0.05) is 11.9 Å². The van der Waals surface area contributed by atoms with Crippen molar-refractivity contribution in [1.82, 2.24) is 20.5 Å². The van der Waals surface area contributed by atoms with Crippen LogP contribution in [-0.4, -0.2) is 38.3 Å². The van der Waals surface area contributed by atoms with Gasteiger partial charge in [0.25, 0.3) is 0 Å². The van der Waals surface area contributed by atoms with Gasteiger partial charge in [-0.1, -0.05) is 24.3 Å². The van der Waals surface area contributed by atoms with Crippen LogP contribution in [0, 0.1) is 0 Å². The van der Waals surface area contributed by atoms with Gasteiger partial charge in [0.2, 0.25) is 5.91 Å². The summed E-state index contributed by atoms with van der Waals surface area (Å²) < 4.78 is 31.7. The highest BCUT2D eigenvalue weighted by Gasteiger charge is 2.38. The van der Waals surface area contributed by atoms with Crippen molar-refractivity contribution >= 4 is 28.6 Å². The summed E-state index contributed by atoms with van der Waals surface area (Å²) in [5.41, 5.74) is 3.57. The number of benzene rings is 1. The highest BCUT2D eigenvalue weighted by Crippen LogP contribution is 2.26. The fourth-order valence-corrected chi connectivity index (χ4v) is 2.65. The van der Waals surface area contributed by atoms with E-state index in [2.05, 4.69) is 25.8 Å². The number of H-pyrrole nitrogens is 1. The molecule has 0 aliphatic carbocycles. The van der Waals surface area contributed by atoms with E-state index in [1.807, 2.05) is 30.3 Å². The van der Waals surface area contributed by atoms with Crippen LogP contribution >= 0.6 is 0 Å². The Bertz CT molecular complexity index is 1020. The number of alkyl halides is 3. The average molecular weight is 393 g/mol. The number of carboxylic acids is 1. The van der Waals surface area contributed by atoms with Gasteiger partial charge in [-0.3, -0.25) is 15.2 Å². The number of carbonyl (C=O) groups excluding carboxylic acids is 1. The van der Waals surface area contributed by atoms with Crippen LogP contribution in [0.15, 0.2) is 42.7 Å². The molecular formula is C17H14F3N5O3. The lowest BCUT2D eigenvalue weighted by molar-refractivity contribution is -0.192.